The molecule has 0 unspecified atom stereocenters. The molecule has 6 rings (SSSR count). The van der Waals surface area contributed by atoms with Gasteiger partial charge in [-0.25, -0.2) is 0 Å². The predicted molar refractivity (Wildman–Crippen MR) is 131 cm³/mol. The van der Waals surface area contributed by atoms with Crippen LogP contribution in [-0.4, -0.2) is 0 Å². The van der Waals surface area contributed by atoms with Crippen molar-refractivity contribution in [2.75, 3.05) is 0 Å². The summed E-state index contributed by atoms with van der Waals surface area (Å²) in [5.74, 6) is 0. The lowest BCUT2D eigenvalue weighted by Gasteiger charge is -2.22. The molecule has 5 aromatic carbocycles. The molecule has 0 amide bonds. The Morgan fingerprint density at radius 3 is 2.00 bits per heavy atom. The summed E-state index contributed by atoms with van der Waals surface area (Å²) in [5.41, 5.74) is 8.22. The molecule has 0 N–H and O–H groups in total. The summed E-state index contributed by atoms with van der Waals surface area (Å²) in [6, 6.07) is 35.7. The fourth-order valence-corrected chi connectivity index (χ4v) is 5.06. The van der Waals surface area contributed by atoms with Gasteiger partial charge in [-0.15, -0.1) is 0 Å². The lowest BCUT2D eigenvalue weighted by atomic mass is 9.81. The molecule has 0 saturated heterocycles. The zero-order valence-electron chi connectivity index (χ0n) is 16.7. The Hall–Kier alpha value is -3.38. The van der Waals surface area contributed by atoms with Gasteiger partial charge in [0, 0.05) is 5.41 Å². The maximum atomic E-state index is 2.41. The first-order valence-corrected chi connectivity index (χ1v) is 10.3. The van der Waals surface area contributed by atoms with Crippen LogP contribution in [0.2, 0.25) is 0 Å². The van der Waals surface area contributed by atoms with E-state index in [1.54, 1.807) is 0 Å². The van der Waals surface area contributed by atoms with Crippen LogP contribution in [0.15, 0.2) is 97.1 Å². The number of benzene rings is 5. The van der Waals surface area contributed by atoms with Crippen LogP contribution in [0, 0.1) is 0 Å². The van der Waals surface area contributed by atoms with Crippen molar-refractivity contribution in [3.8, 4) is 22.3 Å². The largest absolute Gasteiger partial charge is 0.0776 e. The van der Waals surface area contributed by atoms with E-state index in [0.29, 0.717) is 0 Å². The summed E-state index contributed by atoms with van der Waals surface area (Å²) >= 11 is 0. The number of hydrogen-bond acceptors (Lipinski definition) is 0. The van der Waals surface area contributed by atoms with Crippen LogP contribution < -0.4 is 0 Å². The second-order valence-corrected chi connectivity index (χ2v) is 8.66. The summed E-state index contributed by atoms with van der Waals surface area (Å²) in [5, 5.41) is 5.25. The van der Waals surface area contributed by atoms with E-state index in [2.05, 4.69) is 111 Å². The van der Waals surface area contributed by atoms with Crippen molar-refractivity contribution < 1.29 is 0 Å². The average molecular weight is 387 g/mol. The van der Waals surface area contributed by atoms with Crippen molar-refractivity contribution in [3.05, 3.63) is 108 Å². The van der Waals surface area contributed by atoms with Gasteiger partial charge >= 0.3 is 0 Å². The third-order valence-corrected chi connectivity index (χ3v) is 6.65. The molecule has 0 heterocycles. The molecule has 30 heavy (non-hydrogen) atoms. The topological polar surface area (TPSA) is 0 Å². The quantitative estimate of drug-likeness (QED) is 0.270. The Kier molecular flexibility index (Phi) is 4.08. The van der Waals surface area contributed by atoms with Crippen LogP contribution >= 0.6 is 0 Å². The van der Waals surface area contributed by atoms with Gasteiger partial charge in [-0.05, 0) is 67.1 Å². The second-order valence-electron chi connectivity index (χ2n) is 8.66. The molecule has 1 aliphatic carbocycles. The van der Waals surface area contributed by atoms with Gasteiger partial charge in [0.05, 0.1) is 0 Å². The smallest absolute Gasteiger partial charge is 0.0159 e. The Morgan fingerprint density at radius 2 is 1.17 bits per heavy atom. The van der Waals surface area contributed by atoms with Crippen molar-refractivity contribution in [3.63, 3.8) is 0 Å². The van der Waals surface area contributed by atoms with E-state index in [1.807, 2.05) is 0 Å². The number of hydrogen-bond donors (Lipinski definition) is 0. The SMILES string of the molecule is C.CC1(C)c2cc(-c3ccc4ccccc4c3)ccc2-c2c1ccc1ccccc21. The van der Waals surface area contributed by atoms with E-state index < -0.39 is 0 Å². The van der Waals surface area contributed by atoms with Crippen LogP contribution in [0.1, 0.15) is 32.4 Å². The van der Waals surface area contributed by atoms with Gasteiger partial charge in [-0.3, -0.25) is 0 Å². The lowest BCUT2D eigenvalue weighted by molar-refractivity contribution is 0.661. The zero-order chi connectivity index (χ0) is 19.6. The molecule has 0 spiro atoms. The summed E-state index contributed by atoms with van der Waals surface area (Å²) in [6.07, 6.45) is 0. The predicted octanol–water partition coefficient (Wildman–Crippen LogP) is 8.60. The van der Waals surface area contributed by atoms with Crippen LogP contribution in [0.25, 0.3) is 43.8 Å². The Morgan fingerprint density at radius 1 is 0.533 bits per heavy atom. The summed E-state index contributed by atoms with van der Waals surface area (Å²) < 4.78 is 0. The Balaban J connectivity index is 0.00000193. The van der Waals surface area contributed by atoms with Gasteiger partial charge in [0.15, 0.2) is 0 Å². The minimum Gasteiger partial charge on any atom is -0.0776 e. The maximum Gasteiger partial charge on any atom is 0.0159 e. The summed E-state index contributed by atoms with van der Waals surface area (Å²) in [4.78, 5) is 0. The second kappa shape index (κ2) is 6.57. The Bertz CT molecular complexity index is 1420. The molecule has 0 atom stereocenters. The molecule has 1 aliphatic rings. The van der Waals surface area contributed by atoms with E-state index in [9.17, 15) is 0 Å². The van der Waals surface area contributed by atoms with E-state index in [1.165, 1.54) is 54.9 Å². The number of rotatable bonds is 1. The van der Waals surface area contributed by atoms with Crippen molar-refractivity contribution in [1.29, 1.82) is 0 Å². The number of fused-ring (bicyclic) bond motifs is 6. The third-order valence-electron chi connectivity index (χ3n) is 6.65. The van der Waals surface area contributed by atoms with Gasteiger partial charge in [0.25, 0.3) is 0 Å². The van der Waals surface area contributed by atoms with Gasteiger partial charge < -0.3 is 0 Å². The van der Waals surface area contributed by atoms with Crippen molar-refractivity contribution in [2.24, 2.45) is 0 Å². The summed E-state index contributed by atoms with van der Waals surface area (Å²) in [7, 11) is 0. The van der Waals surface area contributed by atoms with Crippen molar-refractivity contribution >= 4 is 21.5 Å². The first-order valence-electron chi connectivity index (χ1n) is 10.3. The normalized spacial score (nSPS) is 13.7. The lowest BCUT2D eigenvalue weighted by Crippen LogP contribution is -2.15. The molecule has 0 aliphatic heterocycles. The Labute approximate surface area is 178 Å². The maximum absolute atomic E-state index is 2.41. The fourth-order valence-electron chi connectivity index (χ4n) is 5.06. The van der Waals surface area contributed by atoms with Crippen LogP contribution in [0.5, 0.6) is 0 Å². The van der Waals surface area contributed by atoms with E-state index in [0.717, 1.165) is 0 Å². The van der Waals surface area contributed by atoms with Gasteiger partial charge in [-0.1, -0.05) is 106 Å². The minimum atomic E-state index is 0. The third kappa shape index (κ3) is 2.53. The molecule has 0 saturated carbocycles. The monoisotopic (exact) mass is 386 g/mol. The zero-order valence-corrected chi connectivity index (χ0v) is 16.7. The fraction of sp³-hybridized carbons (Fsp3) is 0.133. The van der Waals surface area contributed by atoms with E-state index in [4.69, 9.17) is 0 Å². The summed E-state index contributed by atoms with van der Waals surface area (Å²) in [6.45, 7) is 4.72. The molecule has 0 nitrogen and oxygen atoms in total. The highest BCUT2D eigenvalue weighted by Gasteiger charge is 2.36. The average Bonchev–Trinajstić information content (AvgIpc) is 3.00. The molecule has 0 heteroatoms. The highest BCUT2D eigenvalue weighted by Crippen LogP contribution is 2.52. The molecule has 146 valence electrons. The standard InChI is InChI=1S/C29H22.CH4/c1-29(2)26-16-14-20-8-5-6-10-24(20)28(26)25-15-13-23(18-27(25)29)22-12-11-19-7-3-4-9-21(19)17-22;/h3-18H,1-2H3;1H4. The molecular weight excluding hydrogens is 360 g/mol. The van der Waals surface area contributed by atoms with Gasteiger partial charge in [0.1, 0.15) is 0 Å². The molecular formula is C30H26. The van der Waals surface area contributed by atoms with E-state index in [-0.39, 0.29) is 12.8 Å². The highest BCUT2D eigenvalue weighted by molar-refractivity contribution is 6.03. The van der Waals surface area contributed by atoms with Gasteiger partial charge in [-0.2, -0.15) is 0 Å². The van der Waals surface area contributed by atoms with Gasteiger partial charge in [0.2, 0.25) is 0 Å². The molecule has 0 radical (unpaired) electrons. The molecule has 0 aromatic heterocycles. The first-order chi connectivity index (χ1) is 14.1. The molecule has 0 fully saturated rings. The molecule has 0 bridgehead atoms. The van der Waals surface area contributed by atoms with E-state index >= 15 is 0 Å². The van der Waals surface area contributed by atoms with Crippen LogP contribution in [0.3, 0.4) is 0 Å². The minimum absolute atomic E-state index is 0. The van der Waals surface area contributed by atoms with Crippen molar-refractivity contribution in [2.45, 2.75) is 26.7 Å². The highest BCUT2D eigenvalue weighted by atomic mass is 14.4. The van der Waals surface area contributed by atoms with Crippen molar-refractivity contribution in [1.82, 2.24) is 0 Å². The first kappa shape index (κ1) is 18.6. The van der Waals surface area contributed by atoms with Crippen LogP contribution in [-0.2, 0) is 5.41 Å². The van der Waals surface area contributed by atoms with Crippen LogP contribution in [0.4, 0.5) is 0 Å². The molecule has 5 aromatic rings.